The summed E-state index contributed by atoms with van der Waals surface area (Å²) in [5.41, 5.74) is 1.13. The molecule has 0 spiro atoms. The summed E-state index contributed by atoms with van der Waals surface area (Å²) in [5, 5.41) is 27.7. The molecule has 1 heterocycles. The molecule has 0 saturated heterocycles. The molecule has 2 atom stereocenters. The van der Waals surface area contributed by atoms with Gasteiger partial charge in [-0.2, -0.15) is 5.10 Å². The maximum absolute atomic E-state index is 13.2. The third-order valence-electron chi connectivity index (χ3n) is 6.67. The minimum absolute atomic E-state index is 0.0212. The number of carboxylic acids is 1. The van der Waals surface area contributed by atoms with Crippen LogP contribution in [0.15, 0.2) is 36.4 Å². The lowest BCUT2D eigenvalue weighted by Gasteiger charge is -2.27. The first-order valence-corrected chi connectivity index (χ1v) is 11.7. The highest BCUT2D eigenvalue weighted by atomic mass is 16.5. The largest absolute Gasteiger partial charge is 0.507 e. The monoisotopic (exact) mass is 453 g/mol. The van der Waals surface area contributed by atoms with Crippen LogP contribution in [0.5, 0.6) is 11.5 Å². The first-order chi connectivity index (χ1) is 16.0. The minimum Gasteiger partial charge on any atom is -0.507 e. The van der Waals surface area contributed by atoms with E-state index < -0.39 is 17.9 Å². The van der Waals surface area contributed by atoms with Crippen molar-refractivity contribution in [2.45, 2.75) is 63.5 Å². The molecule has 2 aliphatic carbocycles. The Morgan fingerprint density at radius 1 is 1.18 bits per heavy atom. The van der Waals surface area contributed by atoms with Crippen molar-refractivity contribution in [1.82, 2.24) is 15.1 Å². The summed E-state index contributed by atoms with van der Waals surface area (Å²) in [6.45, 7) is 0. The topological polar surface area (TPSA) is 114 Å². The average molecular weight is 454 g/mol. The third kappa shape index (κ3) is 4.89. The van der Waals surface area contributed by atoms with Crippen molar-refractivity contribution in [3.8, 4) is 22.8 Å². The van der Waals surface area contributed by atoms with Crippen molar-refractivity contribution in [3.05, 3.63) is 42.1 Å². The number of phenols is 1. The quantitative estimate of drug-likeness (QED) is 0.539. The fourth-order valence-electron chi connectivity index (χ4n) is 4.95. The number of nitrogens with zero attached hydrogens (tertiary/aromatic N) is 2. The number of methoxy groups -OCH3 is 1. The number of aromatic nitrogens is 2. The first kappa shape index (κ1) is 22.9. The minimum atomic E-state index is -1.02. The van der Waals surface area contributed by atoms with Crippen LogP contribution < -0.4 is 10.1 Å². The zero-order valence-corrected chi connectivity index (χ0v) is 18.9. The molecule has 1 saturated carbocycles. The average Bonchev–Trinajstić information content (AvgIpc) is 3.28. The van der Waals surface area contributed by atoms with Crippen LogP contribution in [0.1, 0.15) is 67.9 Å². The van der Waals surface area contributed by atoms with Gasteiger partial charge in [-0.15, -0.1) is 0 Å². The number of nitrogens with one attached hydrogen (secondary N) is 1. The van der Waals surface area contributed by atoms with Crippen molar-refractivity contribution in [2.24, 2.45) is 5.92 Å². The molecule has 2 unspecified atom stereocenters. The molecule has 0 aliphatic heterocycles. The number of phenolic OH excluding ortho intramolecular Hbond substituents is 1. The zero-order chi connectivity index (χ0) is 23.4. The Kier molecular flexibility index (Phi) is 7.01. The van der Waals surface area contributed by atoms with Gasteiger partial charge in [-0.1, -0.05) is 37.5 Å². The molecule has 0 radical (unpaired) electrons. The van der Waals surface area contributed by atoms with Gasteiger partial charge in [0.15, 0.2) is 5.69 Å². The van der Waals surface area contributed by atoms with Crippen LogP contribution >= 0.6 is 0 Å². The van der Waals surface area contributed by atoms with Crippen molar-refractivity contribution < 1.29 is 24.5 Å². The van der Waals surface area contributed by atoms with E-state index in [0.29, 0.717) is 17.0 Å². The van der Waals surface area contributed by atoms with Crippen molar-refractivity contribution in [1.29, 1.82) is 0 Å². The highest BCUT2D eigenvalue weighted by molar-refractivity contribution is 5.96. The van der Waals surface area contributed by atoms with Crippen LogP contribution in [0.4, 0.5) is 0 Å². The molecule has 1 fully saturated rings. The van der Waals surface area contributed by atoms with Crippen molar-refractivity contribution in [2.75, 3.05) is 7.11 Å². The summed E-state index contributed by atoms with van der Waals surface area (Å²) in [6.07, 6.45) is 11.6. The van der Waals surface area contributed by atoms with Crippen LogP contribution in [0.3, 0.4) is 0 Å². The van der Waals surface area contributed by atoms with Gasteiger partial charge in [-0.25, -0.2) is 4.79 Å². The molecule has 4 rings (SSSR count). The summed E-state index contributed by atoms with van der Waals surface area (Å²) in [4.78, 5) is 25.1. The number of aromatic hydroxyl groups is 1. The lowest BCUT2D eigenvalue weighted by atomic mass is 9.84. The molecule has 176 valence electrons. The van der Waals surface area contributed by atoms with Crippen LogP contribution in [-0.4, -0.2) is 45.0 Å². The van der Waals surface area contributed by atoms with E-state index in [-0.39, 0.29) is 23.4 Å². The number of carbonyl (C=O) groups is 2. The first-order valence-electron chi connectivity index (χ1n) is 11.7. The fraction of sp³-hybridized carbons (Fsp3) is 0.480. The number of hydrogen-bond donors (Lipinski definition) is 3. The molecule has 2 aliphatic rings. The second-order valence-electron chi connectivity index (χ2n) is 8.83. The molecule has 33 heavy (non-hydrogen) atoms. The molecule has 8 heteroatoms. The number of benzene rings is 1. The van der Waals surface area contributed by atoms with E-state index in [1.807, 2.05) is 0 Å². The van der Waals surface area contributed by atoms with E-state index in [2.05, 4.69) is 22.6 Å². The molecule has 1 aromatic carbocycles. The Labute approximate surface area is 193 Å². The standard InChI is InChI=1S/C25H31N3O5/c1-33-21-14-8-13-20(29)22(21)19-15-18(27-28(19)17-11-6-3-7-12-17)24(30)26-23(25(31)32)16-9-4-2-5-10-16/h6,8,11,13-17,23,29H,2-5,7,9-10,12H2,1H3,(H,26,30)(H,31,32). The van der Waals surface area contributed by atoms with E-state index >= 15 is 0 Å². The lowest BCUT2D eigenvalue weighted by molar-refractivity contribution is -0.141. The number of carbonyl (C=O) groups excluding carboxylic acids is 1. The SMILES string of the molecule is COc1cccc(O)c1-c1cc(C(=O)NC(C(=O)O)C2CCCCC2)nn1C1C=CCCC1. The number of hydrogen-bond acceptors (Lipinski definition) is 5. The Balaban J connectivity index is 1.70. The summed E-state index contributed by atoms with van der Waals surface area (Å²) >= 11 is 0. The molecule has 1 aromatic heterocycles. The van der Waals surface area contributed by atoms with E-state index in [0.717, 1.165) is 51.4 Å². The molecule has 2 aromatic rings. The number of aliphatic carboxylic acids is 1. The summed E-state index contributed by atoms with van der Waals surface area (Å²) in [7, 11) is 1.52. The van der Waals surface area contributed by atoms with Gasteiger partial charge >= 0.3 is 5.97 Å². The van der Waals surface area contributed by atoms with Crippen LogP contribution in [0.25, 0.3) is 11.3 Å². The molecule has 8 nitrogen and oxygen atoms in total. The number of allylic oxidation sites excluding steroid dienone is 2. The van der Waals surface area contributed by atoms with E-state index in [4.69, 9.17) is 4.74 Å². The summed E-state index contributed by atoms with van der Waals surface area (Å²) in [6, 6.07) is 5.58. The maximum Gasteiger partial charge on any atom is 0.326 e. The van der Waals surface area contributed by atoms with Gasteiger partial charge in [0.2, 0.25) is 0 Å². The van der Waals surface area contributed by atoms with E-state index in [1.54, 1.807) is 28.9 Å². The van der Waals surface area contributed by atoms with Gasteiger partial charge in [0, 0.05) is 0 Å². The lowest BCUT2D eigenvalue weighted by Crippen LogP contribution is -2.46. The van der Waals surface area contributed by atoms with E-state index in [9.17, 15) is 19.8 Å². The zero-order valence-electron chi connectivity index (χ0n) is 18.9. The fourth-order valence-corrected chi connectivity index (χ4v) is 4.95. The van der Waals surface area contributed by atoms with Gasteiger partial charge in [-0.3, -0.25) is 9.48 Å². The second kappa shape index (κ2) is 10.1. The highest BCUT2D eigenvalue weighted by Crippen LogP contribution is 2.40. The number of amides is 1. The van der Waals surface area contributed by atoms with Crippen LogP contribution in [-0.2, 0) is 4.79 Å². The Morgan fingerprint density at radius 3 is 2.64 bits per heavy atom. The molecule has 1 amide bonds. The number of ether oxygens (including phenoxy) is 1. The molecule has 0 bridgehead atoms. The Hall–Kier alpha value is -3.29. The highest BCUT2D eigenvalue weighted by Gasteiger charge is 2.32. The summed E-state index contributed by atoms with van der Waals surface area (Å²) in [5.74, 6) is -1.14. The van der Waals surface area contributed by atoms with Crippen molar-refractivity contribution in [3.63, 3.8) is 0 Å². The van der Waals surface area contributed by atoms with Gasteiger partial charge in [0.05, 0.1) is 24.4 Å². The van der Waals surface area contributed by atoms with Crippen molar-refractivity contribution >= 4 is 11.9 Å². The van der Waals surface area contributed by atoms with Gasteiger partial charge in [0.25, 0.3) is 5.91 Å². The molecular formula is C25H31N3O5. The maximum atomic E-state index is 13.2. The van der Waals surface area contributed by atoms with Crippen LogP contribution in [0.2, 0.25) is 0 Å². The normalized spacial score (nSPS) is 19.7. The van der Waals surface area contributed by atoms with Gasteiger partial charge in [-0.05, 0) is 56.2 Å². The third-order valence-corrected chi connectivity index (χ3v) is 6.67. The summed E-state index contributed by atoms with van der Waals surface area (Å²) < 4.78 is 7.21. The van der Waals surface area contributed by atoms with Gasteiger partial charge < -0.3 is 20.3 Å². The van der Waals surface area contributed by atoms with Crippen LogP contribution in [0, 0.1) is 5.92 Å². The Bertz CT molecular complexity index is 1040. The predicted molar refractivity (Wildman–Crippen MR) is 123 cm³/mol. The number of carboxylic acid groups (broad SMARTS) is 1. The molecular weight excluding hydrogens is 422 g/mol. The number of rotatable bonds is 7. The van der Waals surface area contributed by atoms with Gasteiger partial charge in [0.1, 0.15) is 17.5 Å². The smallest absolute Gasteiger partial charge is 0.326 e. The predicted octanol–water partition coefficient (Wildman–Crippen LogP) is 4.31. The second-order valence-corrected chi connectivity index (χ2v) is 8.83. The van der Waals surface area contributed by atoms with E-state index in [1.165, 1.54) is 7.11 Å². The molecule has 3 N–H and O–H groups in total. The Morgan fingerprint density at radius 2 is 1.97 bits per heavy atom.